The molecule has 0 atom stereocenters. The second-order valence-electron chi connectivity index (χ2n) is 8.30. The lowest BCUT2D eigenvalue weighted by Gasteiger charge is -2.32. The maximum atomic E-state index is 13.3. The van der Waals surface area contributed by atoms with Crippen molar-refractivity contribution in [2.75, 3.05) is 33.3 Å². The van der Waals surface area contributed by atoms with Crippen LogP contribution in [0.1, 0.15) is 43.1 Å². The zero-order valence-electron chi connectivity index (χ0n) is 19.7. The number of fused-ring (bicyclic) bond motifs is 1. The summed E-state index contributed by atoms with van der Waals surface area (Å²) in [5.74, 6) is -0.0238. The van der Waals surface area contributed by atoms with Crippen molar-refractivity contribution < 1.29 is 17.9 Å². The number of amides is 1. The maximum absolute atomic E-state index is 13.3. The van der Waals surface area contributed by atoms with Gasteiger partial charge >= 0.3 is 5.69 Å². The highest BCUT2D eigenvalue weighted by molar-refractivity contribution is 7.89. The SMILES string of the molecule is CCN(CC)S(=O)(=O)c1cc(C(=O)N2CCC(n3c(=O)[nH]c4ccccc43)CC2)ccc1OC. The molecule has 1 aliphatic heterocycles. The van der Waals surface area contributed by atoms with E-state index in [4.69, 9.17) is 4.74 Å². The van der Waals surface area contributed by atoms with Crippen LogP contribution in [-0.4, -0.2) is 66.4 Å². The molecule has 0 unspecified atom stereocenters. The van der Waals surface area contributed by atoms with Crippen LogP contribution in [0.15, 0.2) is 52.2 Å². The summed E-state index contributed by atoms with van der Waals surface area (Å²) in [6, 6.07) is 12.1. The lowest BCUT2D eigenvalue weighted by atomic mass is 10.0. The minimum Gasteiger partial charge on any atom is -0.495 e. The van der Waals surface area contributed by atoms with E-state index in [-0.39, 0.29) is 28.3 Å². The maximum Gasteiger partial charge on any atom is 0.326 e. The number of carbonyl (C=O) groups excluding carboxylic acids is 1. The van der Waals surface area contributed by atoms with E-state index in [0.29, 0.717) is 44.6 Å². The van der Waals surface area contributed by atoms with E-state index in [1.807, 2.05) is 24.3 Å². The quantitative estimate of drug-likeness (QED) is 0.553. The lowest BCUT2D eigenvalue weighted by Crippen LogP contribution is -2.40. The Labute approximate surface area is 199 Å². The molecule has 1 N–H and O–H groups in total. The van der Waals surface area contributed by atoms with E-state index in [1.165, 1.54) is 23.5 Å². The number of likely N-dealkylation sites (tertiary alicyclic amines) is 1. The minimum absolute atomic E-state index is 0.00946. The summed E-state index contributed by atoms with van der Waals surface area (Å²) in [5, 5.41) is 0. The van der Waals surface area contributed by atoms with Crippen LogP contribution in [0.4, 0.5) is 0 Å². The second kappa shape index (κ2) is 9.63. The molecule has 9 nitrogen and oxygen atoms in total. The Morgan fingerprint density at radius 3 is 2.44 bits per heavy atom. The van der Waals surface area contributed by atoms with E-state index in [0.717, 1.165) is 11.0 Å². The van der Waals surface area contributed by atoms with Gasteiger partial charge in [-0.05, 0) is 43.2 Å². The van der Waals surface area contributed by atoms with Crippen LogP contribution in [0.5, 0.6) is 5.75 Å². The van der Waals surface area contributed by atoms with E-state index in [9.17, 15) is 18.0 Å². The number of methoxy groups -OCH3 is 1. The van der Waals surface area contributed by atoms with Gasteiger partial charge in [-0.2, -0.15) is 4.31 Å². The Morgan fingerprint density at radius 2 is 1.79 bits per heavy atom. The predicted molar refractivity (Wildman–Crippen MR) is 130 cm³/mol. The topological polar surface area (TPSA) is 105 Å². The molecule has 0 bridgehead atoms. The Hall–Kier alpha value is -3.11. The fourth-order valence-electron chi connectivity index (χ4n) is 4.66. The average molecular weight is 487 g/mol. The fraction of sp³-hybridized carbons (Fsp3) is 0.417. The number of imidazole rings is 1. The predicted octanol–water partition coefficient (Wildman–Crippen LogP) is 2.85. The number of sulfonamides is 1. The number of aromatic amines is 1. The number of para-hydroxylation sites is 2. The third-order valence-corrected chi connectivity index (χ3v) is 8.55. The summed E-state index contributed by atoms with van der Waals surface area (Å²) in [4.78, 5) is 30.4. The first-order valence-corrected chi connectivity index (χ1v) is 12.9. The third-order valence-electron chi connectivity index (χ3n) is 6.47. The molecule has 3 aromatic rings. The van der Waals surface area contributed by atoms with Crippen molar-refractivity contribution in [1.29, 1.82) is 0 Å². The van der Waals surface area contributed by atoms with Gasteiger partial charge in [-0.25, -0.2) is 13.2 Å². The van der Waals surface area contributed by atoms with E-state index >= 15 is 0 Å². The van der Waals surface area contributed by atoms with Crippen molar-refractivity contribution in [1.82, 2.24) is 18.8 Å². The molecule has 1 aromatic heterocycles. The number of hydrogen-bond acceptors (Lipinski definition) is 5. The highest BCUT2D eigenvalue weighted by atomic mass is 32.2. The molecule has 1 fully saturated rings. The van der Waals surface area contributed by atoms with Gasteiger partial charge in [0, 0.05) is 37.8 Å². The van der Waals surface area contributed by atoms with Crippen LogP contribution < -0.4 is 10.4 Å². The molecule has 0 radical (unpaired) electrons. The first-order chi connectivity index (χ1) is 16.3. The van der Waals surface area contributed by atoms with Crippen LogP contribution >= 0.6 is 0 Å². The van der Waals surface area contributed by atoms with Crippen LogP contribution in [0.25, 0.3) is 11.0 Å². The van der Waals surface area contributed by atoms with E-state index in [2.05, 4.69) is 4.98 Å². The number of hydrogen-bond donors (Lipinski definition) is 1. The zero-order valence-corrected chi connectivity index (χ0v) is 20.5. The summed E-state index contributed by atoms with van der Waals surface area (Å²) in [6.45, 7) is 5.12. The fourth-order valence-corrected chi connectivity index (χ4v) is 6.30. The van der Waals surface area contributed by atoms with Gasteiger partial charge in [-0.3, -0.25) is 9.36 Å². The Kier molecular flexibility index (Phi) is 6.81. The molecule has 0 saturated carbocycles. The van der Waals surface area contributed by atoms with Gasteiger partial charge in [-0.1, -0.05) is 26.0 Å². The van der Waals surface area contributed by atoms with Gasteiger partial charge in [0.05, 0.1) is 18.1 Å². The van der Waals surface area contributed by atoms with Crippen LogP contribution in [-0.2, 0) is 10.0 Å². The summed E-state index contributed by atoms with van der Waals surface area (Å²) in [6.07, 6.45) is 1.27. The number of benzene rings is 2. The normalized spacial score (nSPS) is 15.2. The first kappa shape index (κ1) is 24.0. The zero-order chi connectivity index (χ0) is 24.5. The molecule has 4 rings (SSSR count). The average Bonchev–Trinajstić information content (AvgIpc) is 3.19. The number of carbonyl (C=O) groups is 1. The monoisotopic (exact) mass is 486 g/mol. The highest BCUT2D eigenvalue weighted by Gasteiger charge is 2.30. The van der Waals surface area contributed by atoms with Crippen molar-refractivity contribution in [3.8, 4) is 5.75 Å². The minimum atomic E-state index is -3.80. The number of rotatable bonds is 7. The Morgan fingerprint density at radius 1 is 1.12 bits per heavy atom. The van der Waals surface area contributed by atoms with Crippen molar-refractivity contribution in [3.63, 3.8) is 0 Å². The van der Waals surface area contributed by atoms with Gasteiger partial charge in [0.1, 0.15) is 10.6 Å². The molecular weight excluding hydrogens is 456 g/mol. The molecule has 2 heterocycles. The molecular formula is C24H30N4O5S. The molecule has 1 amide bonds. The number of aromatic nitrogens is 2. The molecule has 0 spiro atoms. The highest BCUT2D eigenvalue weighted by Crippen LogP contribution is 2.30. The summed E-state index contributed by atoms with van der Waals surface area (Å²) >= 11 is 0. The van der Waals surface area contributed by atoms with Crippen molar-refractivity contribution in [3.05, 3.63) is 58.5 Å². The van der Waals surface area contributed by atoms with Gasteiger partial charge in [0.2, 0.25) is 10.0 Å². The van der Waals surface area contributed by atoms with Crippen molar-refractivity contribution in [2.45, 2.75) is 37.6 Å². The van der Waals surface area contributed by atoms with Crippen LogP contribution in [0.3, 0.4) is 0 Å². The largest absolute Gasteiger partial charge is 0.495 e. The van der Waals surface area contributed by atoms with Crippen molar-refractivity contribution in [2.24, 2.45) is 0 Å². The summed E-state index contributed by atoms with van der Waals surface area (Å²) in [5.41, 5.74) is 1.81. The van der Waals surface area contributed by atoms with Gasteiger partial charge in [-0.15, -0.1) is 0 Å². The summed E-state index contributed by atoms with van der Waals surface area (Å²) < 4.78 is 34.6. The third kappa shape index (κ3) is 4.23. The standard InChI is InChI=1S/C24H30N4O5S/c1-4-27(5-2)34(31,32)22-16-17(10-11-21(22)33-3)23(29)26-14-12-18(13-15-26)28-20-9-7-6-8-19(20)25-24(28)30/h6-11,16,18H,4-5,12-15H2,1-3H3,(H,25,30). The number of H-pyrrole nitrogens is 1. The first-order valence-electron chi connectivity index (χ1n) is 11.5. The number of ether oxygens (including phenoxy) is 1. The van der Waals surface area contributed by atoms with Gasteiger partial charge < -0.3 is 14.6 Å². The number of piperidine rings is 1. The van der Waals surface area contributed by atoms with Crippen molar-refractivity contribution >= 4 is 27.0 Å². The van der Waals surface area contributed by atoms with Crippen LogP contribution in [0, 0.1) is 0 Å². The Balaban J connectivity index is 1.55. The number of nitrogens with zero attached hydrogens (tertiary/aromatic N) is 3. The summed E-state index contributed by atoms with van der Waals surface area (Å²) in [7, 11) is -2.39. The molecule has 1 aliphatic rings. The number of nitrogens with one attached hydrogen (secondary N) is 1. The molecule has 10 heteroatoms. The second-order valence-corrected chi connectivity index (χ2v) is 10.2. The smallest absolute Gasteiger partial charge is 0.326 e. The van der Waals surface area contributed by atoms with Gasteiger partial charge in [0.25, 0.3) is 5.91 Å². The lowest BCUT2D eigenvalue weighted by molar-refractivity contribution is 0.0694. The Bertz CT molecular complexity index is 1350. The van der Waals surface area contributed by atoms with Gasteiger partial charge in [0.15, 0.2) is 0 Å². The van der Waals surface area contributed by atoms with E-state index < -0.39 is 10.0 Å². The molecule has 34 heavy (non-hydrogen) atoms. The molecule has 1 saturated heterocycles. The molecule has 2 aromatic carbocycles. The molecule has 0 aliphatic carbocycles. The van der Waals surface area contributed by atoms with Crippen LogP contribution in [0.2, 0.25) is 0 Å². The molecule has 182 valence electrons. The van der Waals surface area contributed by atoms with E-state index in [1.54, 1.807) is 29.4 Å².